The lowest BCUT2D eigenvalue weighted by Crippen LogP contribution is -2.16. The predicted octanol–water partition coefficient (Wildman–Crippen LogP) is 4.13. The minimum absolute atomic E-state index is 0.297. The molecule has 0 aromatic heterocycles. The van der Waals surface area contributed by atoms with Gasteiger partial charge >= 0.3 is 0 Å². The summed E-state index contributed by atoms with van der Waals surface area (Å²) in [6, 6.07) is 7.46. The first-order valence-electron chi connectivity index (χ1n) is 6.65. The van der Waals surface area contributed by atoms with E-state index in [2.05, 4.69) is 19.1 Å². The largest absolute Gasteiger partial charge is 0.324 e. The summed E-state index contributed by atoms with van der Waals surface area (Å²) in [6.45, 7) is 6.09. The van der Waals surface area contributed by atoms with Gasteiger partial charge in [-0.2, -0.15) is 0 Å². The van der Waals surface area contributed by atoms with Gasteiger partial charge in [0.2, 0.25) is 0 Å². The van der Waals surface area contributed by atoms with Crippen molar-refractivity contribution in [2.24, 2.45) is 5.73 Å². The first-order chi connectivity index (χ1) is 9.38. The van der Waals surface area contributed by atoms with Crippen LogP contribution in [0.1, 0.15) is 33.9 Å². The van der Waals surface area contributed by atoms with Crippen LogP contribution in [0.15, 0.2) is 30.3 Å². The van der Waals surface area contributed by atoms with E-state index in [4.69, 9.17) is 5.73 Å². The van der Waals surface area contributed by atoms with Crippen molar-refractivity contribution in [2.45, 2.75) is 33.2 Å². The molecular formula is C17H19F2N. The Morgan fingerprint density at radius 1 is 0.950 bits per heavy atom. The molecule has 1 atom stereocenters. The molecule has 2 aromatic rings. The lowest BCUT2D eigenvalue weighted by molar-refractivity contribution is 0.562. The predicted molar refractivity (Wildman–Crippen MR) is 77.6 cm³/mol. The van der Waals surface area contributed by atoms with E-state index in [1.54, 1.807) is 0 Å². The molecule has 3 heteroatoms. The summed E-state index contributed by atoms with van der Waals surface area (Å²) in [5.74, 6) is -1.11. The van der Waals surface area contributed by atoms with Crippen molar-refractivity contribution in [3.05, 3.63) is 69.8 Å². The molecule has 0 saturated carbocycles. The van der Waals surface area contributed by atoms with Gasteiger partial charge in [0.05, 0.1) is 0 Å². The third-order valence-corrected chi connectivity index (χ3v) is 3.74. The van der Waals surface area contributed by atoms with Gasteiger partial charge in [-0.05, 0) is 61.1 Å². The minimum Gasteiger partial charge on any atom is -0.324 e. The van der Waals surface area contributed by atoms with Crippen LogP contribution in [0.4, 0.5) is 8.78 Å². The van der Waals surface area contributed by atoms with Crippen molar-refractivity contribution in [1.82, 2.24) is 0 Å². The van der Waals surface area contributed by atoms with Crippen molar-refractivity contribution in [3.63, 3.8) is 0 Å². The van der Waals surface area contributed by atoms with E-state index in [9.17, 15) is 8.78 Å². The van der Waals surface area contributed by atoms with Gasteiger partial charge in [-0.3, -0.25) is 0 Å². The average Bonchev–Trinajstić information content (AvgIpc) is 2.37. The van der Waals surface area contributed by atoms with Gasteiger partial charge in [-0.15, -0.1) is 0 Å². The van der Waals surface area contributed by atoms with Gasteiger partial charge in [0.15, 0.2) is 0 Å². The number of benzene rings is 2. The smallest absolute Gasteiger partial charge is 0.129 e. The van der Waals surface area contributed by atoms with E-state index in [0.717, 1.165) is 17.2 Å². The average molecular weight is 275 g/mol. The Hall–Kier alpha value is -1.74. The molecule has 0 bridgehead atoms. The zero-order valence-electron chi connectivity index (χ0n) is 12.0. The Balaban J connectivity index is 2.28. The van der Waals surface area contributed by atoms with E-state index in [0.29, 0.717) is 12.0 Å². The summed E-state index contributed by atoms with van der Waals surface area (Å²) >= 11 is 0. The Kier molecular flexibility index (Phi) is 4.19. The van der Waals surface area contributed by atoms with Crippen LogP contribution in [0.2, 0.25) is 0 Å². The van der Waals surface area contributed by atoms with Gasteiger partial charge in [-0.1, -0.05) is 18.2 Å². The molecule has 106 valence electrons. The van der Waals surface area contributed by atoms with Crippen LogP contribution in [-0.2, 0) is 6.42 Å². The summed E-state index contributed by atoms with van der Waals surface area (Å²) in [4.78, 5) is 0. The molecule has 0 amide bonds. The third kappa shape index (κ3) is 3.05. The van der Waals surface area contributed by atoms with E-state index >= 15 is 0 Å². The van der Waals surface area contributed by atoms with Crippen LogP contribution < -0.4 is 5.73 Å². The quantitative estimate of drug-likeness (QED) is 0.895. The van der Waals surface area contributed by atoms with E-state index in [-0.39, 0.29) is 6.04 Å². The molecule has 20 heavy (non-hydrogen) atoms. The van der Waals surface area contributed by atoms with Crippen molar-refractivity contribution in [1.29, 1.82) is 0 Å². The first-order valence-corrected chi connectivity index (χ1v) is 6.65. The molecule has 0 aliphatic heterocycles. The van der Waals surface area contributed by atoms with E-state index in [1.807, 2.05) is 13.8 Å². The number of halogens is 2. The van der Waals surface area contributed by atoms with Crippen molar-refractivity contribution >= 4 is 0 Å². The maximum atomic E-state index is 13.7. The summed E-state index contributed by atoms with van der Waals surface area (Å²) in [5, 5.41) is 0. The zero-order chi connectivity index (χ0) is 14.9. The number of aryl methyl sites for hydroxylation is 3. The molecule has 0 aliphatic carbocycles. The topological polar surface area (TPSA) is 26.0 Å². The molecule has 2 rings (SSSR count). The molecular weight excluding hydrogens is 256 g/mol. The van der Waals surface area contributed by atoms with E-state index in [1.165, 1.54) is 23.3 Å². The zero-order valence-corrected chi connectivity index (χ0v) is 12.0. The summed E-state index contributed by atoms with van der Waals surface area (Å²) < 4.78 is 26.6. The molecule has 1 unspecified atom stereocenters. The Bertz CT molecular complexity index is 635. The van der Waals surface area contributed by atoms with Crippen molar-refractivity contribution < 1.29 is 8.78 Å². The molecule has 2 aromatic carbocycles. The monoisotopic (exact) mass is 275 g/mol. The lowest BCUT2D eigenvalue weighted by Gasteiger charge is -2.17. The number of nitrogens with two attached hydrogens (primary N) is 1. The molecule has 0 radical (unpaired) electrons. The molecule has 0 aliphatic rings. The Labute approximate surface area is 118 Å². The normalized spacial score (nSPS) is 12.5. The molecule has 2 N–H and O–H groups in total. The second kappa shape index (κ2) is 5.71. The van der Waals surface area contributed by atoms with Crippen LogP contribution in [0.5, 0.6) is 0 Å². The maximum absolute atomic E-state index is 13.7. The number of hydrogen-bond donors (Lipinski definition) is 1. The highest BCUT2D eigenvalue weighted by molar-refractivity contribution is 5.39. The second-order valence-corrected chi connectivity index (χ2v) is 5.34. The van der Waals surface area contributed by atoms with Crippen LogP contribution in [0, 0.1) is 32.4 Å². The van der Waals surface area contributed by atoms with Gasteiger partial charge in [-0.25, -0.2) is 8.78 Å². The van der Waals surface area contributed by atoms with Crippen LogP contribution in [0.3, 0.4) is 0 Å². The Morgan fingerprint density at radius 3 is 2.25 bits per heavy atom. The highest BCUT2D eigenvalue weighted by Crippen LogP contribution is 2.24. The fourth-order valence-corrected chi connectivity index (χ4v) is 2.42. The minimum atomic E-state index is -0.567. The summed E-state index contributed by atoms with van der Waals surface area (Å²) in [6.07, 6.45) is 0.357. The van der Waals surface area contributed by atoms with Gasteiger partial charge < -0.3 is 5.73 Å². The third-order valence-electron chi connectivity index (χ3n) is 3.74. The first kappa shape index (κ1) is 14.7. The fraction of sp³-hybridized carbons (Fsp3) is 0.294. The maximum Gasteiger partial charge on any atom is 0.129 e. The molecule has 0 heterocycles. The Morgan fingerprint density at radius 2 is 1.60 bits per heavy atom. The number of hydrogen-bond acceptors (Lipinski definition) is 1. The SMILES string of the molecule is Cc1cc(C)c(C(N)Cc2ccc(F)cc2F)cc1C. The molecule has 0 spiro atoms. The molecule has 0 saturated heterocycles. The van der Waals surface area contributed by atoms with Gasteiger partial charge in [0.1, 0.15) is 11.6 Å². The highest BCUT2D eigenvalue weighted by Gasteiger charge is 2.14. The van der Waals surface area contributed by atoms with Gasteiger partial charge in [0.25, 0.3) is 0 Å². The fourth-order valence-electron chi connectivity index (χ4n) is 2.42. The lowest BCUT2D eigenvalue weighted by atomic mass is 9.92. The molecule has 1 nitrogen and oxygen atoms in total. The summed E-state index contributed by atoms with van der Waals surface area (Å²) in [7, 11) is 0. The van der Waals surface area contributed by atoms with Crippen molar-refractivity contribution in [2.75, 3.05) is 0 Å². The van der Waals surface area contributed by atoms with Crippen LogP contribution in [-0.4, -0.2) is 0 Å². The second-order valence-electron chi connectivity index (χ2n) is 5.34. The standard InChI is InChI=1S/C17H19F2N/c1-10-6-12(3)15(7-11(10)2)17(20)8-13-4-5-14(18)9-16(13)19/h4-7,9,17H,8,20H2,1-3H3. The van der Waals surface area contributed by atoms with Crippen LogP contribution >= 0.6 is 0 Å². The van der Waals surface area contributed by atoms with Crippen molar-refractivity contribution in [3.8, 4) is 0 Å². The van der Waals surface area contributed by atoms with Crippen LogP contribution in [0.25, 0.3) is 0 Å². The van der Waals surface area contributed by atoms with E-state index < -0.39 is 11.6 Å². The highest BCUT2D eigenvalue weighted by atomic mass is 19.1. The number of rotatable bonds is 3. The van der Waals surface area contributed by atoms with Gasteiger partial charge in [0, 0.05) is 12.1 Å². The molecule has 0 fully saturated rings. The summed E-state index contributed by atoms with van der Waals surface area (Å²) in [5.41, 5.74) is 11.1.